The van der Waals surface area contributed by atoms with Crippen LogP contribution in [0.3, 0.4) is 0 Å². The zero-order valence-electron chi connectivity index (χ0n) is 15.5. The van der Waals surface area contributed by atoms with E-state index in [0.29, 0.717) is 43.0 Å². The minimum absolute atomic E-state index is 0.287. The van der Waals surface area contributed by atoms with Crippen molar-refractivity contribution in [3.05, 3.63) is 35.8 Å². The van der Waals surface area contributed by atoms with Gasteiger partial charge in [0.15, 0.2) is 11.6 Å². The molecule has 4 aromatic rings. The van der Waals surface area contributed by atoms with E-state index in [9.17, 15) is 9.50 Å². The number of fused-ring (bicyclic) bond motifs is 3. The summed E-state index contributed by atoms with van der Waals surface area (Å²) in [6, 6.07) is 6.79. The van der Waals surface area contributed by atoms with Gasteiger partial charge in [-0.05, 0) is 37.5 Å². The van der Waals surface area contributed by atoms with Crippen molar-refractivity contribution in [2.24, 2.45) is 0 Å². The van der Waals surface area contributed by atoms with E-state index in [2.05, 4.69) is 15.5 Å². The number of thiophene rings is 1. The third-order valence-corrected chi connectivity index (χ3v) is 6.74. The van der Waals surface area contributed by atoms with Crippen LogP contribution in [0.1, 0.15) is 30.9 Å². The molecule has 0 radical (unpaired) electrons. The van der Waals surface area contributed by atoms with Crippen LogP contribution in [-0.2, 0) is 0 Å². The van der Waals surface area contributed by atoms with Gasteiger partial charge in [-0.1, -0.05) is 0 Å². The summed E-state index contributed by atoms with van der Waals surface area (Å²) in [4.78, 5) is 11.5. The van der Waals surface area contributed by atoms with Gasteiger partial charge in [-0.25, -0.2) is 9.37 Å². The Morgan fingerprint density at radius 1 is 1.21 bits per heavy atom. The average Bonchev–Trinajstić information content (AvgIpc) is 3.12. The van der Waals surface area contributed by atoms with Crippen LogP contribution in [0.2, 0.25) is 0 Å². The monoisotopic (exact) mass is 410 g/mol. The quantitative estimate of drug-likeness (QED) is 0.473. The maximum Gasteiger partial charge on any atom is 0.228 e. The lowest BCUT2D eigenvalue weighted by Crippen LogP contribution is -2.23. The predicted octanol–water partition coefficient (Wildman–Crippen LogP) is 3.90. The number of anilines is 3. The molecule has 3 N–H and O–H groups in total. The first-order chi connectivity index (χ1) is 14.1. The summed E-state index contributed by atoms with van der Waals surface area (Å²) >= 11 is 1.53. The Balaban J connectivity index is 1.49. The molecule has 9 heteroatoms. The zero-order valence-corrected chi connectivity index (χ0v) is 16.3. The number of halogens is 1. The minimum Gasteiger partial charge on any atom is -0.391 e. The number of rotatable bonds is 4. The molecule has 1 aliphatic carbocycles. The van der Waals surface area contributed by atoms with Gasteiger partial charge in [0.05, 0.1) is 16.3 Å². The van der Waals surface area contributed by atoms with Gasteiger partial charge in [0.1, 0.15) is 5.82 Å². The van der Waals surface area contributed by atoms with Gasteiger partial charge < -0.3 is 15.3 Å². The molecular weight excluding hydrogens is 391 g/mol. The van der Waals surface area contributed by atoms with E-state index in [0.717, 1.165) is 26.0 Å². The Hall–Kier alpha value is -2.78. The fourth-order valence-electron chi connectivity index (χ4n) is 3.88. The topological polar surface area (TPSA) is 90.0 Å². The molecule has 0 spiro atoms. The van der Waals surface area contributed by atoms with Gasteiger partial charge in [-0.3, -0.25) is 5.10 Å². The van der Waals surface area contributed by atoms with Gasteiger partial charge >= 0.3 is 0 Å². The molecule has 4 heterocycles. The number of aromatic nitrogens is 4. The lowest BCUT2D eigenvalue weighted by Gasteiger charge is -2.16. The van der Waals surface area contributed by atoms with Crippen molar-refractivity contribution in [2.75, 3.05) is 23.3 Å². The van der Waals surface area contributed by atoms with Crippen LogP contribution in [0, 0.1) is 5.82 Å². The summed E-state index contributed by atoms with van der Waals surface area (Å²) in [7, 11) is 0. The maximum atomic E-state index is 13.9. The lowest BCUT2D eigenvalue weighted by molar-refractivity contribution is 0.198. The molecule has 3 aromatic heterocycles. The smallest absolute Gasteiger partial charge is 0.228 e. The van der Waals surface area contributed by atoms with Crippen molar-refractivity contribution in [1.29, 1.82) is 0 Å². The van der Waals surface area contributed by atoms with Crippen molar-refractivity contribution in [2.45, 2.75) is 31.3 Å². The van der Waals surface area contributed by atoms with Crippen molar-refractivity contribution < 1.29 is 9.50 Å². The maximum absolute atomic E-state index is 13.9. The Bertz CT molecular complexity index is 1230. The van der Waals surface area contributed by atoms with Crippen LogP contribution in [0.5, 0.6) is 0 Å². The summed E-state index contributed by atoms with van der Waals surface area (Å²) in [5.41, 5.74) is 1.86. The lowest BCUT2D eigenvalue weighted by atomic mass is 10.2. The summed E-state index contributed by atoms with van der Waals surface area (Å²) in [6.45, 7) is 1.19. The van der Waals surface area contributed by atoms with E-state index in [1.807, 2.05) is 11.0 Å². The predicted molar refractivity (Wildman–Crippen MR) is 112 cm³/mol. The molecule has 29 heavy (non-hydrogen) atoms. The van der Waals surface area contributed by atoms with Crippen LogP contribution in [0.25, 0.3) is 20.3 Å². The zero-order chi connectivity index (χ0) is 19.5. The first-order valence-electron chi connectivity index (χ1n) is 9.79. The van der Waals surface area contributed by atoms with Crippen LogP contribution < -0.4 is 10.2 Å². The third kappa shape index (κ3) is 3.01. The number of benzene rings is 1. The van der Waals surface area contributed by atoms with Crippen molar-refractivity contribution in [3.63, 3.8) is 0 Å². The number of aliphatic hydroxyl groups excluding tert-OH is 1. The van der Waals surface area contributed by atoms with Crippen LogP contribution >= 0.6 is 11.3 Å². The SMILES string of the molecule is O[C@H]1CCN(c2nc(Nc3cc(C4CC4)[nH]n3)c3sc4ccc(F)cc4c3n2)C1. The third-order valence-electron chi connectivity index (χ3n) is 5.57. The summed E-state index contributed by atoms with van der Waals surface area (Å²) < 4.78 is 15.7. The molecule has 1 aromatic carbocycles. The highest BCUT2D eigenvalue weighted by atomic mass is 32.1. The van der Waals surface area contributed by atoms with Crippen LogP contribution in [-0.4, -0.2) is 44.5 Å². The van der Waals surface area contributed by atoms with Gasteiger partial charge in [-0.15, -0.1) is 11.3 Å². The van der Waals surface area contributed by atoms with E-state index in [-0.39, 0.29) is 11.9 Å². The Morgan fingerprint density at radius 2 is 2.10 bits per heavy atom. The second-order valence-corrected chi connectivity index (χ2v) is 8.84. The van der Waals surface area contributed by atoms with Crippen molar-refractivity contribution >= 4 is 49.2 Å². The van der Waals surface area contributed by atoms with Crippen LogP contribution in [0.4, 0.5) is 22.0 Å². The molecule has 1 aliphatic heterocycles. The molecule has 2 aliphatic rings. The number of β-amino-alcohol motifs (C(OH)–C–C–N with tert-alkyl or cyclic N) is 1. The molecule has 0 unspecified atom stereocenters. The Morgan fingerprint density at radius 3 is 2.90 bits per heavy atom. The number of nitrogens with zero attached hydrogens (tertiary/aromatic N) is 4. The van der Waals surface area contributed by atoms with E-state index in [1.165, 1.54) is 36.3 Å². The highest BCUT2D eigenvalue weighted by Crippen LogP contribution is 2.41. The first-order valence-corrected chi connectivity index (χ1v) is 10.6. The standard InChI is InChI=1S/C20H19FN6OS/c21-11-3-4-15-13(7-11)17-18(29-15)19(22-16-8-14(25-26-16)10-1-2-10)24-20(23-17)27-6-5-12(28)9-27/h3-4,7-8,10,12,28H,1-2,5-6,9H2,(H2,22,23,24,25,26)/t12-/m0/s1. The van der Waals surface area contributed by atoms with Crippen molar-refractivity contribution in [3.8, 4) is 0 Å². The van der Waals surface area contributed by atoms with Gasteiger partial charge in [0, 0.05) is 40.9 Å². The molecule has 0 amide bonds. The molecule has 7 nitrogen and oxygen atoms in total. The van der Waals surface area contributed by atoms with Gasteiger partial charge in [-0.2, -0.15) is 10.1 Å². The molecule has 2 fully saturated rings. The fraction of sp³-hybridized carbons (Fsp3) is 0.350. The van der Waals surface area contributed by atoms with Crippen molar-refractivity contribution in [1.82, 2.24) is 20.2 Å². The Kier molecular flexibility index (Phi) is 3.75. The molecule has 0 bridgehead atoms. The van der Waals surface area contributed by atoms with E-state index in [1.54, 1.807) is 6.07 Å². The highest BCUT2D eigenvalue weighted by Gasteiger charge is 2.27. The highest BCUT2D eigenvalue weighted by molar-refractivity contribution is 7.26. The summed E-state index contributed by atoms with van der Waals surface area (Å²) in [5.74, 6) is 2.20. The minimum atomic E-state index is -0.380. The fourth-order valence-corrected chi connectivity index (χ4v) is 4.95. The van der Waals surface area contributed by atoms with Gasteiger partial charge in [0.25, 0.3) is 0 Å². The molecule has 6 rings (SSSR count). The van der Waals surface area contributed by atoms with Gasteiger partial charge in [0.2, 0.25) is 5.95 Å². The normalized spacial score (nSPS) is 19.5. The summed E-state index contributed by atoms with van der Waals surface area (Å²) in [6.07, 6.45) is 2.70. The molecule has 148 valence electrons. The number of nitrogens with one attached hydrogen (secondary N) is 2. The first kappa shape index (κ1) is 17.1. The molecular formula is C20H19FN6OS. The molecule has 1 atom stereocenters. The number of aliphatic hydroxyl groups is 1. The molecule has 1 saturated carbocycles. The average molecular weight is 410 g/mol. The molecule has 1 saturated heterocycles. The Labute approximate surface area is 169 Å². The second kappa shape index (κ2) is 6.36. The van der Waals surface area contributed by atoms with E-state index < -0.39 is 0 Å². The summed E-state index contributed by atoms with van der Waals surface area (Å²) in [5, 5.41) is 21.5. The number of aromatic amines is 1. The van der Waals surface area contributed by atoms with E-state index in [4.69, 9.17) is 9.97 Å². The number of H-pyrrole nitrogens is 1. The number of hydrogen-bond donors (Lipinski definition) is 3. The van der Waals surface area contributed by atoms with E-state index >= 15 is 0 Å². The van der Waals surface area contributed by atoms with Crippen LogP contribution in [0.15, 0.2) is 24.3 Å². The number of hydrogen-bond acceptors (Lipinski definition) is 7. The largest absolute Gasteiger partial charge is 0.391 e. The second-order valence-electron chi connectivity index (χ2n) is 7.79.